The number of ether oxygens (including phenoxy) is 3. The zero-order chi connectivity index (χ0) is 23.7. The molecule has 9 heteroatoms. The number of anilines is 1. The number of carbonyl (C=O) groups is 1. The molecule has 2 aromatic heterocycles. The van der Waals surface area contributed by atoms with Crippen molar-refractivity contribution in [1.82, 2.24) is 19.5 Å². The number of carbonyl (C=O) groups excluding carboxylic acids is 1. The van der Waals surface area contributed by atoms with Crippen LogP contribution in [0.2, 0.25) is 0 Å². The number of rotatable bonds is 5. The van der Waals surface area contributed by atoms with Crippen molar-refractivity contribution in [2.75, 3.05) is 18.5 Å². The van der Waals surface area contributed by atoms with Crippen LogP contribution in [0.4, 0.5) is 5.69 Å². The van der Waals surface area contributed by atoms with Crippen LogP contribution >= 0.6 is 0 Å². The number of aromatic nitrogens is 4. The first-order chi connectivity index (χ1) is 16.5. The van der Waals surface area contributed by atoms with Gasteiger partial charge in [0.05, 0.1) is 11.3 Å². The number of para-hydroxylation sites is 1. The number of fused-ring (bicyclic) bond motifs is 1. The van der Waals surface area contributed by atoms with Crippen molar-refractivity contribution >= 4 is 11.6 Å². The number of amides is 1. The third-order valence-electron chi connectivity index (χ3n) is 5.44. The summed E-state index contributed by atoms with van der Waals surface area (Å²) in [5.74, 6) is 3.01. The van der Waals surface area contributed by atoms with Gasteiger partial charge in [0.25, 0.3) is 5.91 Å². The number of hydrogen-bond acceptors (Lipinski definition) is 7. The molecular weight excluding hydrogens is 434 g/mol. The van der Waals surface area contributed by atoms with E-state index in [1.54, 1.807) is 54.9 Å². The smallest absolute Gasteiger partial charge is 0.259 e. The van der Waals surface area contributed by atoms with Gasteiger partial charge in [0, 0.05) is 17.4 Å². The third kappa shape index (κ3) is 4.27. The summed E-state index contributed by atoms with van der Waals surface area (Å²) < 4.78 is 19.0. The molecular formula is C25H23N5O4. The normalized spacial score (nSPS) is 12.3. The monoisotopic (exact) mass is 457 g/mol. The van der Waals surface area contributed by atoms with Gasteiger partial charge in [-0.15, -0.1) is 0 Å². The van der Waals surface area contributed by atoms with Crippen LogP contribution in [0.3, 0.4) is 0 Å². The lowest BCUT2D eigenvalue weighted by Crippen LogP contribution is -2.20. The summed E-state index contributed by atoms with van der Waals surface area (Å²) in [4.78, 5) is 26.0. The van der Waals surface area contributed by atoms with Gasteiger partial charge in [-0.2, -0.15) is 4.98 Å². The molecule has 0 radical (unpaired) electrons. The molecule has 0 spiro atoms. The van der Waals surface area contributed by atoms with Crippen molar-refractivity contribution in [2.45, 2.75) is 20.8 Å². The Morgan fingerprint density at radius 3 is 2.59 bits per heavy atom. The molecule has 0 atom stereocenters. The Kier molecular flexibility index (Phi) is 5.59. The van der Waals surface area contributed by atoms with E-state index in [1.165, 1.54) is 0 Å². The molecule has 5 rings (SSSR count). The highest BCUT2D eigenvalue weighted by Gasteiger charge is 2.20. The molecule has 0 unspecified atom stereocenters. The van der Waals surface area contributed by atoms with Gasteiger partial charge >= 0.3 is 0 Å². The minimum absolute atomic E-state index is 0.280. The number of benzene rings is 2. The minimum Gasteiger partial charge on any atom is -0.486 e. The molecule has 1 N–H and O–H groups in total. The van der Waals surface area contributed by atoms with Crippen LogP contribution in [0.25, 0.3) is 5.82 Å². The Bertz CT molecular complexity index is 1360. The summed E-state index contributed by atoms with van der Waals surface area (Å²) in [5, 5.41) is 2.88. The molecule has 1 aliphatic heterocycles. The average molecular weight is 457 g/mol. The number of aryl methyl sites for hydroxylation is 2. The lowest BCUT2D eigenvalue weighted by atomic mass is 10.1. The maximum atomic E-state index is 12.8. The Hall–Kier alpha value is -4.40. The van der Waals surface area contributed by atoms with E-state index in [4.69, 9.17) is 14.2 Å². The molecule has 34 heavy (non-hydrogen) atoms. The summed E-state index contributed by atoms with van der Waals surface area (Å²) in [6.45, 7) is 6.62. The fourth-order valence-electron chi connectivity index (χ4n) is 3.61. The highest BCUT2D eigenvalue weighted by atomic mass is 16.6. The maximum absolute atomic E-state index is 12.8. The molecule has 4 aromatic rings. The molecule has 2 aromatic carbocycles. The van der Waals surface area contributed by atoms with Gasteiger partial charge < -0.3 is 19.5 Å². The predicted molar refractivity (Wildman–Crippen MR) is 125 cm³/mol. The summed E-state index contributed by atoms with van der Waals surface area (Å²) >= 11 is 0. The fourth-order valence-corrected chi connectivity index (χ4v) is 3.61. The summed E-state index contributed by atoms with van der Waals surface area (Å²) in [6, 6.07) is 14.1. The highest BCUT2D eigenvalue weighted by Crippen LogP contribution is 2.34. The fraction of sp³-hybridized carbons (Fsp3) is 0.200. The van der Waals surface area contributed by atoms with Crippen LogP contribution in [0, 0.1) is 20.8 Å². The van der Waals surface area contributed by atoms with Gasteiger partial charge in [-0.3, -0.25) is 9.36 Å². The number of imidazole rings is 1. The van der Waals surface area contributed by atoms with Crippen molar-refractivity contribution in [3.8, 4) is 28.9 Å². The quantitative estimate of drug-likeness (QED) is 0.474. The van der Waals surface area contributed by atoms with E-state index >= 15 is 0 Å². The molecule has 0 bridgehead atoms. The van der Waals surface area contributed by atoms with Crippen molar-refractivity contribution in [2.24, 2.45) is 0 Å². The largest absolute Gasteiger partial charge is 0.486 e. The first-order valence-corrected chi connectivity index (χ1v) is 10.8. The zero-order valence-electron chi connectivity index (χ0n) is 19.0. The molecule has 0 saturated heterocycles. The first kappa shape index (κ1) is 21.4. The summed E-state index contributed by atoms with van der Waals surface area (Å²) in [7, 11) is 0. The van der Waals surface area contributed by atoms with Crippen molar-refractivity contribution in [1.29, 1.82) is 0 Å². The number of hydrogen-bond donors (Lipinski definition) is 1. The van der Waals surface area contributed by atoms with E-state index in [9.17, 15) is 4.79 Å². The van der Waals surface area contributed by atoms with Crippen molar-refractivity contribution < 1.29 is 19.0 Å². The lowest BCUT2D eigenvalue weighted by Gasteiger charge is -2.20. The molecule has 0 aliphatic carbocycles. The van der Waals surface area contributed by atoms with Gasteiger partial charge in [-0.1, -0.05) is 6.07 Å². The van der Waals surface area contributed by atoms with E-state index in [2.05, 4.69) is 20.3 Å². The van der Waals surface area contributed by atoms with Crippen LogP contribution in [0.15, 0.2) is 54.9 Å². The van der Waals surface area contributed by atoms with Gasteiger partial charge in [-0.25, -0.2) is 9.97 Å². The van der Waals surface area contributed by atoms with Crippen LogP contribution in [-0.4, -0.2) is 38.6 Å². The van der Waals surface area contributed by atoms with E-state index in [-0.39, 0.29) is 5.91 Å². The SMILES string of the molecule is Cc1nc(Oc2ccc(NC(=O)c3cccc4c3OCCO4)cc2)cc(-n2cnc(C)c2C)n1. The lowest BCUT2D eigenvalue weighted by molar-refractivity contribution is 0.101. The van der Waals surface area contributed by atoms with Crippen LogP contribution in [-0.2, 0) is 0 Å². The molecule has 9 nitrogen and oxygen atoms in total. The topological polar surface area (TPSA) is 100 Å². The van der Waals surface area contributed by atoms with E-state index in [1.807, 2.05) is 25.3 Å². The second-order valence-electron chi connectivity index (χ2n) is 7.81. The standard InChI is InChI=1S/C25H23N5O4/c1-15-16(2)30(14-26-15)22-13-23(28-17(3)27-22)34-19-9-7-18(8-10-19)29-25(31)20-5-4-6-21-24(20)33-12-11-32-21/h4-10,13-14H,11-12H2,1-3H3,(H,29,31). The third-order valence-corrected chi connectivity index (χ3v) is 5.44. The van der Waals surface area contributed by atoms with E-state index in [0.717, 1.165) is 11.4 Å². The second kappa shape index (κ2) is 8.86. The van der Waals surface area contributed by atoms with Gasteiger partial charge in [0.15, 0.2) is 11.5 Å². The van der Waals surface area contributed by atoms with Crippen LogP contribution in [0.5, 0.6) is 23.1 Å². The number of nitrogens with zero attached hydrogens (tertiary/aromatic N) is 4. The molecule has 1 amide bonds. The summed E-state index contributed by atoms with van der Waals surface area (Å²) in [5.41, 5.74) is 2.98. The Balaban J connectivity index is 1.31. The average Bonchev–Trinajstić information content (AvgIpc) is 3.17. The van der Waals surface area contributed by atoms with Crippen LogP contribution < -0.4 is 19.5 Å². The van der Waals surface area contributed by atoms with Gasteiger partial charge in [-0.05, 0) is 57.2 Å². The second-order valence-corrected chi connectivity index (χ2v) is 7.81. The van der Waals surface area contributed by atoms with E-state index < -0.39 is 0 Å². The van der Waals surface area contributed by atoms with Crippen LogP contribution in [0.1, 0.15) is 27.6 Å². The Morgan fingerprint density at radius 2 is 1.82 bits per heavy atom. The predicted octanol–water partition coefficient (Wildman–Crippen LogP) is 4.40. The first-order valence-electron chi connectivity index (χ1n) is 10.8. The summed E-state index contributed by atoms with van der Waals surface area (Å²) in [6.07, 6.45) is 1.73. The number of nitrogens with one attached hydrogen (secondary N) is 1. The van der Waals surface area contributed by atoms with E-state index in [0.29, 0.717) is 59.2 Å². The molecule has 172 valence electrons. The molecule has 3 heterocycles. The molecule has 1 aliphatic rings. The molecule has 0 saturated carbocycles. The van der Waals surface area contributed by atoms with Crippen molar-refractivity contribution in [3.05, 3.63) is 77.6 Å². The highest BCUT2D eigenvalue weighted by molar-refractivity contribution is 6.06. The minimum atomic E-state index is -0.280. The maximum Gasteiger partial charge on any atom is 0.259 e. The Labute approximate surface area is 196 Å². The van der Waals surface area contributed by atoms with Gasteiger partial charge in [0.1, 0.15) is 36.9 Å². The van der Waals surface area contributed by atoms with Crippen molar-refractivity contribution in [3.63, 3.8) is 0 Å². The Morgan fingerprint density at radius 1 is 1.03 bits per heavy atom. The zero-order valence-corrected chi connectivity index (χ0v) is 19.0. The molecule has 0 fully saturated rings. The van der Waals surface area contributed by atoms with Gasteiger partial charge in [0.2, 0.25) is 5.88 Å².